The predicted octanol–water partition coefficient (Wildman–Crippen LogP) is 3.18. The van der Waals surface area contributed by atoms with E-state index in [0.717, 1.165) is 11.3 Å². The molecule has 3 aromatic rings. The molecule has 0 saturated carbocycles. The van der Waals surface area contributed by atoms with Gasteiger partial charge in [-0.25, -0.2) is 0 Å². The molecule has 25 heavy (non-hydrogen) atoms. The Labute approximate surface area is 149 Å². The van der Waals surface area contributed by atoms with Crippen LogP contribution >= 0.6 is 11.8 Å². The van der Waals surface area contributed by atoms with Crippen LogP contribution in [-0.2, 0) is 4.79 Å². The van der Waals surface area contributed by atoms with E-state index >= 15 is 0 Å². The largest absolute Gasteiger partial charge is 0.324 e. The van der Waals surface area contributed by atoms with Crippen molar-refractivity contribution in [3.63, 3.8) is 0 Å². The predicted molar refractivity (Wildman–Crippen MR) is 96.6 cm³/mol. The van der Waals surface area contributed by atoms with Gasteiger partial charge in [-0.05, 0) is 30.7 Å². The van der Waals surface area contributed by atoms with Crippen molar-refractivity contribution in [3.8, 4) is 11.8 Å². The van der Waals surface area contributed by atoms with E-state index in [1.54, 1.807) is 30.6 Å². The summed E-state index contributed by atoms with van der Waals surface area (Å²) in [5, 5.41) is 20.5. The minimum Gasteiger partial charge on any atom is -0.324 e. The zero-order valence-electron chi connectivity index (χ0n) is 13.5. The lowest BCUT2D eigenvalue weighted by atomic mass is 10.2. The van der Waals surface area contributed by atoms with E-state index in [4.69, 9.17) is 5.26 Å². The van der Waals surface area contributed by atoms with Crippen LogP contribution in [0.15, 0.2) is 60.0 Å². The number of thioether (sulfide) groups is 1. The van der Waals surface area contributed by atoms with Crippen molar-refractivity contribution in [2.24, 2.45) is 0 Å². The molecule has 3 rings (SSSR count). The summed E-state index contributed by atoms with van der Waals surface area (Å²) in [6.45, 7) is 2.01. The first-order valence-electron chi connectivity index (χ1n) is 7.57. The third kappa shape index (κ3) is 3.87. The monoisotopic (exact) mass is 349 g/mol. The van der Waals surface area contributed by atoms with E-state index < -0.39 is 0 Å². The smallest absolute Gasteiger partial charge is 0.234 e. The standard InChI is InChI=1S/C18H15N5OS/c1-13-6-2-5-9-16(13)23-12-20-22-18(23)25-11-17(24)21-15-8-4-3-7-14(15)10-19/h2-9,12H,11H2,1H3,(H,21,24). The molecule has 0 unspecified atom stereocenters. The molecule has 2 aromatic carbocycles. The van der Waals surface area contributed by atoms with E-state index in [9.17, 15) is 4.79 Å². The van der Waals surface area contributed by atoms with Crippen LogP contribution in [0, 0.1) is 18.3 Å². The molecule has 0 spiro atoms. The van der Waals surface area contributed by atoms with Crippen molar-refractivity contribution in [2.75, 3.05) is 11.1 Å². The summed E-state index contributed by atoms with van der Waals surface area (Å²) in [7, 11) is 0. The van der Waals surface area contributed by atoms with Crippen molar-refractivity contribution < 1.29 is 4.79 Å². The number of aryl methyl sites for hydroxylation is 1. The van der Waals surface area contributed by atoms with Gasteiger partial charge < -0.3 is 5.32 Å². The first-order valence-corrected chi connectivity index (χ1v) is 8.55. The number of aromatic nitrogens is 3. The summed E-state index contributed by atoms with van der Waals surface area (Å²) < 4.78 is 1.86. The average Bonchev–Trinajstić information content (AvgIpc) is 3.09. The Bertz CT molecular complexity index is 944. The normalized spacial score (nSPS) is 10.2. The van der Waals surface area contributed by atoms with Gasteiger partial charge in [0.05, 0.1) is 22.7 Å². The fourth-order valence-corrected chi connectivity index (χ4v) is 3.05. The number of nitriles is 1. The topological polar surface area (TPSA) is 83.6 Å². The summed E-state index contributed by atoms with van der Waals surface area (Å²) >= 11 is 1.29. The quantitative estimate of drug-likeness (QED) is 0.715. The van der Waals surface area contributed by atoms with Gasteiger partial charge >= 0.3 is 0 Å². The number of carbonyl (C=O) groups is 1. The van der Waals surface area contributed by atoms with Gasteiger partial charge in [0.25, 0.3) is 0 Å². The van der Waals surface area contributed by atoms with Crippen molar-refractivity contribution in [1.82, 2.24) is 14.8 Å². The van der Waals surface area contributed by atoms with Crippen molar-refractivity contribution >= 4 is 23.4 Å². The number of hydrogen-bond acceptors (Lipinski definition) is 5. The maximum Gasteiger partial charge on any atom is 0.234 e. The van der Waals surface area contributed by atoms with Gasteiger partial charge in [0, 0.05) is 0 Å². The number of anilines is 1. The van der Waals surface area contributed by atoms with Gasteiger partial charge in [0.15, 0.2) is 5.16 Å². The number of nitrogens with zero attached hydrogens (tertiary/aromatic N) is 4. The van der Waals surface area contributed by atoms with Gasteiger partial charge in [-0.3, -0.25) is 9.36 Å². The molecule has 0 aliphatic rings. The lowest BCUT2D eigenvalue weighted by Crippen LogP contribution is -2.15. The van der Waals surface area contributed by atoms with Crippen LogP contribution in [-0.4, -0.2) is 26.4 Å². The van der Waals surface area contributed by atoms with Crippen LogP contribution in [0.3, 0.4) is 0 Å². The van der Waals surface area contributed by atoms with Crippen molar-refractivity contribution in [2.45, 2.75) is 12.1 Å². The highest BCUT2D eigenvalue weighted by molar-refractivity contribution is 7.99. The van der Waals surface area contributed by atoms with E-state index in [2.05, 4.69) is 21.6 Å². The molecule has 0 radical (unpaired) electrons. The maximum absolute atomic E-state index is 12.2. The number of nitrogens with one attached hydrogen (secondary N) is 1. The second kappa shape index (κ2) is 7.64. The molecule has 7 heteroatoms. The number of amides is 1. The molecular formula is C18H15N5OS. The first kappa shape index (κ1) is 16.7. The molecule has 1 N–H and O–H groups in total. The Morgan fingerprint density at radius 1 is 1.24 bits per heavy atom. The van der Waals surface area contributed by atoms with Crippen LogP contribution in [0.25, 0.3) is 5.69 Å². The Morgan fingerprint density at radius 2 is 2.00 bits per heavy atom. The number of carbonyl (C=O) groups excluding carboxylic acids is 1. The molecule has 0 aliphatic carbocycles. The third-order valence-electron chi connectivity index (χ3n) is 3.55. The molecule has 0 saturated heterocycles. The summed E-state index contributed by atoms with van der Waals surface area (Å²) in [6.07, 6.45) is 1.63. The molecule has 0 fully saturated rings. The zero-order valence-corrected chi connectivity index (χ0v) is 14.3. The highest BCUT2D eigenvalue weighted by Crippen LogP contribution is 2.22. The Kier molecular flexibility index (Phi) is 5.11. The summed E-state index contributed by atoms with van der Waals surface area (Å²) in [6, 6.07) is 16.9. The third-order valence-corrected chi connectivity index (χ3v) is 4.49. The lowest BCUT2D eigenvalue weighted by Gasteiger charge is -2.09. The van der Waals surface area contributed by atoms with Gasteiger partial charge in [0.2, 0.25) is 5.91 Å². The SMILES string of the molecule is Cc1ccccc1-n1cnnc1SCC(=O)Nc1ccccc1C#N. The molecule has 0 aliphatic heterocycles. The highest BCUT2D eigenvalue weighted by Gasteiger charge is 2.12. The molecule has 0 atom stereocenters. The molecule has 1 aromatic heterocycles. The van der Waals surface area contributed by atoms with Crippen LogP contribution in [0.4, 0.5) is 5.69 Å². The molecule has 1 heterocycles. The van der Waals surface area contributed by atoms with Crippen LogP contribution in [0.2, 0.25) is 0 Å². The molecule has 1 amide bonds. The number of rotatable bonds is 5. The van der Waals surface area contributed by atoms with Gasteiger partial charge in [-0.2, -0.15) is 5.26 Å². The molecule has 124 valence electrons. The van der Waals surface area contributed by atoms with Gasteiger partial charge in [-0.15, -0.1) is 10.2 Å². The van der Waals surface area contributed by atoms with E-state index in [-0.39, 0.29) is 11.7 Å². The zero-order chi connectivity index (χ0) is 17.6. The fraction of sp³-hybridized carbons (Fsp3) is 0.111. The minimum atomic E-state index is -0.202. The summed E-state index contributed by atoms with van der Waals surface area (Å²) in [4.78, 5) is 12.2. The first-order chi connectivity index (χ1) is 12.2. The summed E-state index contributed by atoms with van der Waals surface area (Å²) in [5.74, 6) is -0.0309. The van der Waals surface area contributed by atoms with Crippen molar-refractivity contribution in [3.05, 3.63) is 66.0 Å². The van der Waals surface area contributed by atoms with Crippen LogP contribution < -0.4 is 5.32 Å². The van der Waals surface area contributed by atoms with Crippen LogP contribution in [0.5, 0.6) is 0 Å². The molecule has 0 bridgehead atoms. The van der Waals surface area contributed by atoms with Gasteiger partial charge in [0.1, 0.15) is 12.4 Å². The van der Waals surface area contributed by atoms with Crippen molar-refractivity contribution in [1.29, 1.82) is 5.26 Å². The molecule has 6 nitrogen and oxygen atoms in total. The second-order valence-electron chi connectivity index (χ2n) is 5.26. The lowest BCUT2D eigenvalue weighted by molar-refractivity contribution is -0.113. The van der Waals surface area contributed by atoms with Gasteiger partial charge in [-0.1, -0.05) is 42.1 Å². The number of para-hydroxylation sites is 2. The van der Waals surface area contributed by atoms with E-state index in [0.29, 0.717) is 16.4 Å². The van der Waals surface area contributed by atoms with E-state index in [1.807, 2.05) is 35.8 Å². The Hall–Kier alpha value is -3.11. The highest BCUT2D eigenvalue weighted by atomic mass is 32.2. The number of hydrogen-bond donors (Lipinski definition) is 1. The summed E-state index contributed by atoms with van der Waals surface area (Å²) in [5.41, 5.74) is 3.02. The fourth-order valence-electron chi connectivity index (χ4n) is 2.33. The second-order valence-corrected chi connectivity index (χ2v) is 6.21. The number of benzene rings is 2. The molecular weight excluding hydrogens is 334 g/mol. The van der Waals surface area contributed by atoms with E-state index in [1.165, 1.54) is 11.8 Å². The average molecular weight is 349 g/mol. The Morgan fingerprint density at radius 3 is 2.80 bits per heavy atom. The van der Waals surface area contributed by atoms with Crippen LogP contribution in [0.1, 0.15) is 11.1 Å². The Balaban J connectivity index is 1.69. The maximum atomic E-state index is 12.2. The minimum absolute atomic E-state index is 0.171.